The van der Waals surface area contributed by atoms with Gasteiger partial charge < -0.3 is 0 Å². The van der Waals surface area contributed by atoms with Crippen molar-refractivity contribution in [2.75, 3.05) is 0 Å². The fourth-order valence-electron chi connectivity index (χ4n) is 4.99. The second-order valence-electron chi connectivity index (χ2n) is 11.1. The van der Waals surface area contributed by atoms with Gasteiger partial charge in [-0.1, -0.05) is 95.2 Å². The number of benzene rings is 2. The predicted molar refractivity (Wildman–Crippen MR) is 139 cm³/mol. The fraction of sp³-hybridized carbons (Fsp3) is 0.600. The van der Waals surface area contributed by atoms with Crippen LogP contribution in [0.4, 0.5) is 0 Å². The summed E-state index contributed by atoms with van der Waals surface area (Å²) in [6.45, 7) is 27.1. The lowest BCUT2D eigenvalue weighted by atomic mass is 9.82. The SMILES string of the molecule is CC(C)c1ccc(OOc2ccc(C(C)C)c(C(C)C)c2C(C)C)c(C(C)C)c1C(C)C. The molecule has 32 heavy (non-hydrogen) atoms. The Hall–Kier alpha value is -1.96. The first kappa shape index (κ1) is 26.3. The molecule has 0 aliphatic rings. The van der Waals surface area contributed by atoms with E-state index in [2.05, 4.69) is 107 Å². The van der Waals surface area contributed by atoms with Crippen LogP contribution in [0.15, 0.2) is 24.3 Å². The highest BCUT2D eigenvalue weighted by Crippen LogP contribution is 2.42. The van der Waals surface area contributed by atoms with Crippen LogP contribution in [-0.2, 0) is 0 Å². The third-order valence-corrected chi connectivity index (χ3v) is 6.34. The molecule has 2 aromatic rings. The third kappa shape index (κ3) is 5.50. The lowest BCUT2D eigenvalue weighted by Gasteiger charge is -2.26. The summed E-state index contributed by atoms with van der Waals surface area (Å²) in [6.07, 6.45) is 0. The Balaban J connectivity index is 2.57. The minimum absolute atomic E-state index is 0.351. The van der Waals surface area contributed by atoms with E-state index in [0.29, 0.717) is 35.5 Å². The van der Waals surface area contributed by atoms with E-state index in [1.807, 2.05) is 0 Å². The van der Waals surface area contributed by atoms with Crippen LogP contribution in [0.1, 0.15) is 152 Å². The van der Waals surface area contributed by atoms with Crippen LogP contribution in [0.2, 0.25) is 0 Å². The second kappa shape index (κ2) is 10.8. The topological polar surface area (TPSA) is 18.5 Å². The number of rotatable bonds is 9. The largest absolute Gasteiger partial charge is 0.290 e. The van der Waals surface area contributed by atoms with E-state index in [4.69, 9.17) is 9.78 Å². The van der Waals surface area contributed by atoms with Crippen molar-refractivity contribution in [3.05, 3.63) is 57.6 Å². The van der Waals surface area contributed by atoms with E-state index in [0.717, 1.165) is 11.5 Å². The predicted octanol–water partition coefficient (Wildman–Crippen LogP) is 9.80. The van der Waals surface area contributed by atoms with Crippen molar-refractivity contribution in [2.45, 2.75) is 119 Å². The summed E-state index contributed by atoms with van der Waals surface area (Å²) in [5, 5.41) is 0. The van der Waals surface area contributed by atoms with Crippen LogP contribution in [0.25, 0.3) is 0 Å². The summed E-state index contributed by atoms with van der Waals surface area (Å²) in [5.74, 6) is 4.18. The van der Waals surface area contributed by atoms with Gasteiger partial charge in [-0.05, 0) is 69.9 Å². The normalized spacial score (nSPS) is 12.2. The van der Waals surface area contributed by atoms with Crippen LogP contribution in [0.3, 0.4) is 0 Å². The maximum Gasteiger partial charge on any atom is 0.182 e. The quantitative estimate of drug-likeness (QED) is 0.286. The number of hydrogen-bond donors (Lipinski definition) is 0. The molecule has 0 aliphatic heterocycles. The lowest BCUT2D eigenvalue weighted by molar-refractivity contribution is -0.102. The molecule has 0 amide bonds. The monoisotopic (exact) mass is 438 g/mol. The molecule has 0 aromatic heterocycles. The maximum absolute atomic E-state index is 6.14. The molecule has 0 unspecified atom stereocenters. The maximum atomic E-state index is 6.14. The summed E-state index contributed by atoms with van der Waals surface area (Å²) >= 11 is 0. The van der Waals surface area contributed by atoms with Crippen molar-refractivity contribution in [1.82, 2.24) is 0 Å². The van der Waals surface area contributed by atoms with E-state index >= 15 is 0 Å². The van der Waals surface area contributed by atoms with Gasteiger partial charge in [0.1, 0.15) is 0 Å². The standard InChI is InChI=1S/C30H46O2/c1-17(2)23-13-15-25(29(21(9)10)27(23)19(5)6)31-32-26-16-14-24(18(3)4)28(20(7)8)30(26)22(11)12/h13-22H,1-12H3. The van der Waals surface area contributed by atoms with E-state index in [9.17, 15) is 0 Å². The van der Waals surface area contributed by atoms with Crippen LogP contribution in [-0.4, -0.2) is 0 Å². The zero-order valence-corrected chi connectivity index (χ0v) is 22.6. The molecule has 0 atom stereocenters. The summed E-state index contributed by atoms with van der Waals surface area (Å²) < 4.78 is 0. The average Bonchev–Trinajstić information content (AvgIpc) is 2.69. The first-order valence-corrected chi connectivity index (χ1v) is 12.6. The summed E-state index contributed by atoms with van der Waals surface area (Å²) in [7, 11) is 0. The molecule has 0 saturated carbocycles. The molecule has 2 aromatic carbocycles. The Bertz CT molecular complexity index is 826. The zero-order valence-electron chi connectivity index (χ0n) is 22.6. The molecular weight excluding hydrogens is 392 g/mol. The van der Waals surface area contributed by atoms with Gasteiger partial charge in [0, 0.05) is 11.1 Å². The van der Waals surface area contributed by atoms with Crippen molar-refractivity contribution in [3.8, 4) is 11.5 Å². The van der Waals surface area contributed by atoms with E-state index in [-0.39, 0.29) is 0 Å². The summed E-state index contributed by atoms with van der Waals surface area (Å²) in [6, 6.07) is 8.62. The van der Waals surface area contributed by atoms with Crippen molar-refractivity contribution in [2.24, 2.45) is 0 Å². The molecule has 2 rings (SSSR count). The Morgan fingerprint density at radius 3 is 0.875 bits per heavy atom. The Morgan fingerprint density at radius 1 is 0.375 bits per heavy atom. The first-order chi connectivity index (χ1) is 14.9. The van der Waals surface area contributed by atoms with Gasteiger partial charge in [0.05, 0.1) is 0 Å². The van der Waals surface area contributed by atoms with E-state index < -0.39 is 0 Å². The molecule has 0 N–H and O–H groups in total. The molecule has 0 aliphatic carbocycles. The molecule has 0 saturated heterocycles. The highest BCUT2D eigenvalue weighted by molar-refractivity contribution is 5.51. The Morgan fingerprint density at radius 2 is 0.656 bits per heavy atom. The molecule has 2 nitrogen and oxygen atoms in total. The Kier molecular flexibility index (Phi) is 8.85. The zero-order chi connectivity index (χ0) is 24.3. The van der Waals surface area contributed by atoms with E-state index in [1.54, 1.807) is 0 Å². The Labute approximate surface area is 197 Å². The highest BCUT2D eigenvalue weighted by Gasteiger charge is 2.24. The van der Waals surface area contributed by atoms with E-state index in [1.165, 1.54) is 33.4 Å². The molecule has 0 fully saturated rings. The second-order valence-corrected chi connectivity index (χ2v) is 11.1. The molecule has 0 bridgehead atoms. The van der Waals surface area contributed by atoms with Gasteiger partial charge >= 0.3 is 0 Å². The molecule has 0 spiro atoms. The van der Waals surface area contributed by atoms with Crippen LogP contribution in [0, 0.1) is 0 Å². The summed E-state index contributed by atoms with van der Waals surface area (Å²) in [4.78, 5) is 12.3. The minimum Gasteiger partial charge on any atom is -0.290 e. The average molecular weight is 439 g/mol. The smallest absolute Gasteiger partial charge is 0.182 e. The lowest BCUT2D eigenvalue weighted by Crippen LogP contribution is -2.13. The highest BCUT2D eigenvalue weighted by atomic mass is 17.2. The molecule has 2 heteroatoms. The molecule has 0 heterocycles. The van der Waals surface area contributed by atoms with Gasteiger partial charge in [-0.15, -0.1) is 0 Å². The van der Waals surface area contributed by atoms with Crippen LogP contribution in [0.5, 0.6) is 11.5 Å². The van der Waals surface area contributed by atoms with Crippen LogP contribution >= 0.6 is 0 Å². The van der Waals surface area contributed by atoms with Crippen molar-refractivity contribution in [1.29, 1.82) is 0 Å². The van der Waals surface area contributed by atoms with Gasteiger partial charge in [0.15, 0.2) is 11.5 Å². The summed E-state index contributed by atoms with van der Waals surface area (Å²) in [5.41, 5.74) is 8.14. The van der Waals surface area contributed by atoms with Gasteiger partial charge in [-0.3, -0.25) is 9.78 Å². The molecule has 0 radical (unpaired) electrons. The third-order valence-electron chi connectivity index (χ3n) is 6.34. The van der Waals surface area contributed by atoms with Gasteiger partial charge in [0.2, 0.25) is 0 Å². The van der Waals surface area contributed by atoms with Crippen molar-refractivity contribution >= 4 is 0 Å². The van der Waals surface area contributed by atoms with Gasteiger partial charge in [-0.2, -0.15) is 0 Å². The first-order valence-electron chi connectivity index (χ1n) is 12.6. The van der Waals surface area contributed by atoms with Crippen molar-refractivity contribution < 1.29 is 9.78 Å². The number of hydrogen-bond acceptors (Lipinski definition) is 2. The molecular formula is C30H46O2. The minimum atomic E-state index is 0.351. The fourth-order valence-corrected chi connectivity index (χ4v) is 4.99. The van der Waals surface area contributed by atoms with Gasteiger partial charge in [0.25, 0.3) is 0 Å². The van der Waals surface area contributed by atoms with Crippen molar-refractivity contribution in [3.63, 3.8) is 0 Å². The van der Waals surface area contributed by atoms with Gasteiger partial charge in [-0.25, -0.2) is 0 Å². The molecule has 178 valence electrons. The van der Waals surface area contributed by atoms with Crippen LogP contribution < -0.4 is 9.78 Å².